The Kier molecular flexibility index (Phi) is 8.48. The van der Waals surface area contributed by atoms with Crippen molar-refractivity contribution in [3.8, 4) is 11.5 Å². The van der Waals surface area contributed by atoms with Crippen molar-refractivity contribution in [2.75, 3.05) is 26.8 Å². The van der Waals surface area contributed by atoms with Crippen LogP contribution in [0.3, 0.4) is 0 Å². The maximum Gasteiger partial charge on any atom is 0.226 e. The number of rotatable bonds is 10. The van der Waals surface area contributed by atoms with Crippen molar-refractivity contribution in [3.63, 3.8) is 0 Å². The molecule has 1 unspecified atom stereocenters. The highest BCUT2D eigenvalue weighted by atomic mass is 16.5. The number of hydrogen-bond acceptors (Lipinski definition) is 4. The van der Waals surface area contributed by atoms with Gasteiger partial charge in [-0.05, 0) is 30.5 Å². The van der Waals surface area contributed by atoms with E-state index in [0.717, 1.165) is 30.7 Å². The molecule has 130 valence electrons. The maximum absolute atomic E-state index is 12.4. The van der Waals surface area contributed by atoms with Crippen LogP contribution >= 0.6 is 0 Å². The van der Waals surface area contributed by atoms with E-state index >= 15 is 0 Å². The second-order valence-electron chi connectivity index (χ2n) is 5.73. The molecule has 0 bridgehead atoms. The molecule has 0 fully saturated rings. The van der Waals surface area contributed by atoms with Crippen LogP contribution in [0.1, 0.15) is 39.2 Å². The number of methoxy groups -OCH3 is 1. The molecule has 0 saturated carbocycles. The van der Waals surface area contributed by atoms with Gasteiger partial charge in [0, 0.05) is 25.6 Å². The van der Waals surface area contributed by atoms with E-state index in [1.54, 1.807) is 7.11 Å². The Morgan fingerprint density at radius 2 is 2.00 bits per heavy atom. The van der Waals surface area contributed by atoms with Crippen molar-refractivity contribution in [3.05, 3.63) is 23.8 Å². The SMILES string of the molecule is CCCOc1ccc(CN(CCC)C(=O)C(C)CN)cc1OC. The fraction of sp³-hybridized carbons (Fsp3) is 0.611. The summed E-state index contributed by atoms with van der Waals surface area (Å²) < 4.78 is 11.1. The lowest BCUT2D eigenvalue weighted by Crippen LogP contribution is -2.38. The van der Waals surface area contributed by atoms with Crippen molar-refractivity contribution in [2.24, 2.45) is 11.7 Å². The second-order valence-corrected chi connectivity index (χ2v) is 5.73. The Morgan fingerprint density at radius 1 is 1.26 bits per heavy atom. The van der Waals surface area contributed by atoms with Crippen LogP contribution in [0.4, 0.5) is 0 Å². The summed E-state index contributed by atoms with van der Waals surface area (Å²) in [5.74, 6) is 1.38. The average molecular weight is 322 g/mol. The minimum Gasteiger partial charge on any atom is -0.493 e. The van der Waals surface area contributed by atoms with Crippen LogP contribution in [0.5, 0.6) is 11.5 Å². The predicted molar refractivity (Wildman–Crippen MR) is 92.7 cm³/mol. The molecule has 2 N–H and O–H groups in total. The third-order valence-corrected chi connectivity index (χ3v) is 3.64. The van der Waals surface area contributed by atoms with Crippen molar-refractivity contribution in [1.82, 2.24) is 4.90 Å². The normalized spacial score (nSPS) is 11.9. The molecule has 1 atom stereocenters. The van der Waals surface area contributed by atoms with Gasteiger partial charge >= 0.3 is 0 Å². The van der Waals surface area contributed by atoms with Gasteiger partial charge < -0.3 is 20.1 Å². The van der Waals surface area contributed by atoms with E-state index in [4.69, 9.17) is 15.2 Å². The number of amides is 1. The Bertz CT molecular complexity index is 491. The zero-order valence-corrected chi connectivity index (χ0v) is 14.8. The third kappa shape index (κ3) is 5.75. The van der Waals surface area contributed by atoms with Gasteiger partial charge in [0.05, 0.1) is 13.7 Å². The molecule has 1 rings (SSSR count). The molecule has 0 aliphatic rings. The molecule has 0 heterocycles. The monoisotopic (exact) mass is 322 g/mol. The number of carbonyl (C=O) groups is 1. The van der Waals surface area contributed by atoms with E-state index in [1.165, 1.54) is 0 Å². The molecular formula is C18H30N2O3. The van der Waals surface area contributed by atoms with Crippen molar-refractivity contribution < 1.29 is 14.3 Å². The summed E-state index contributed by atoms with van der Waals surface area (Å²) in [6.07, 6.45) is 1.86. The molecule has 1 aromatic rings. The molecule has 5 heteroatoms. The summed E-state index contributed by atoms with van der Waals surface area (Å²) in [5, 5.41) is 0. The maximum atomic E-state index is 12.4. The van der Waals surface area contributed by atoms with Crippen LogP contribution in [-0.4, -0.2) is 37.6 Å². The molecule has 1 amide bonds. The van der Waals surface area contributed by atoms with Crippen molar-refractivity contribution in [1.29, 1.82) is 0 Å². The van der Waals surface area contributed by atoms with Gasteiger partial charge in [-0.3, -0.25) is 4.79 Å². The smallest absolute Gasteiger partial charge is 0.226 e. The lowest BCUT2D eigenvalue weighted by atomic mass is 10.1. The Balaban J connectivity index is 2.89. The van der Waals surface area contributed by atoms with E-state index in [2.05, 4.69) is 13.8 Å². The first kappa shape index (κ1) is 19.3. The largest absolute Gasteiger partial charge is 0.493 e. The third-order valence-electron chi connectivity index (χ3n) is 3.64. The van der Waals surface area contributed by atoms with Crippen molar-refractivity contribution >= 4 is 5.91 Å². The minimum atomic E-state index is -0.157. The summed E-state index contributed by atoms with van der Waals surface area (Å²) in [7, 11) is 1.63. The van der Waals surface area contributed by atoms with Gasteiger partial charge in [-0.2, -0.15) is 0 Å². The number of nitrogens with two attached hydrogens (primary N) is 1. The Morgan fingerprint density at radius 3 is 2.57 bits per heavy atom. The molecule has 1 aromatic carbocycles. The first-order valence-electron chi connectivity index (χ1n) is 8.35. The zero-order chi connectivity index (χ0) is 17.2. The van der Waals surface area contributed by atoms with Gasteiger partial charge in [-0.15, -0.1) is 0 Å². The topological polar surface area (TPSA) is 64.8 Å². The Labute approximate surface area is 139 Å². The number of nitrogens with zero attached hydrogens (tertiary/aromatic N) is 1. The zero-order valence-electron chi connectivity index (χ0n) is 14.8. The van der Waals surface area contributed by atoms with E-state index in [1.807, 2.05) is 30.0 Å². The quantitative estimate of drug-likeness (QED) is 0.719. The average Bonchev–Trinajstić information content (AvgIpc) is 2.58. The van der Waals surface area contributed by atoms with E-state index in [9.17, 15) is 4.79 Å². The number of hydrogen-bond donors (Lipinski definition) is 1. The number of ether oxygens (including phenoxy) is 2. The van der Waals surface area contributed by atoms with Gasteiger partial charge in [0.25, 0.3) is 0 Å². The number of carbonyl (C=O) groups excluding carboxylic acids is 1. The standard InChI is InChI=1S/C18H30N2O3/c1-5-9-20(18(21)14(3)12-19)13-15-7-8-16(23-10-6-2)17(11-15)22-4/h7-8,11,14H,5-6,9-10,12-13,19H2,1-4H3. The number of benzene rings is 1. The molecule has 0 aliphatic carbocycles. The summed E-state index contributed by atoms with van der Waals surface area (Å²) in [5.41, 5.74) is 6.65. The lowest BCUT2D eigenvalue weighted by Gasteiger charge is -2.25. The molecule has 0 saturated heterocycles. The van der Waals surface area contributed by atoms with Gasteiger partial charge in [0.15, 0.2) is 11.5 Å². The summed E-state index contributed by atoms with van der Waals surface area (Å²) in [4.78, 5) is 14.3. The lowest BCUT2D eigenvalue weighted by molar-refractivity contribution is -0.135. The van der Waals surface area contributed by atoms with Gasteiger partial charge in [0.1, 0.15) is 0 Å². The Hall–Kier alpha value is -1.75. The highest BCUT2D eigenvalue weighted by molar-refractivity contribution is 5.78. The first-order valence-corrected chi connectivity index (χ1v) is 8.35. The highest BCUT2D eigenvalue weighted by Crippen LogP contribution is 2.29. The molecule has 0 aromatic heterocycles. The van der Waals surface area contributed by atoms with Crippen LogP contribution in [-0.2, 0) is 11.3 Å². The van der Waals surface area contributed by atoms with E-state index < -0.39 is 0 Å². The fourth-order valence-electron chi connectivity index (χ4n) is 2.31. The van der Waals surface area contributed by atoms with Gasteiger partial charge in [-0.25, -0.2) is 0 Å². The molecule has 23 heavy (non-hydrogen) atoms. The van der Waals surface area contributed by atoms with E-state index in [-0.39, 0.29) is 11.8 Å². The fourth-order valence-corrected chi connectivity index (χ4v) is 2.31. The predicted octanol–water partition coefficient (Wildman–Crippen LogP) is 2.82. The van der Waals surface area contributed by atoms with E-state index in [0.29, 0.717) is 25.4 Å². The van der Waals surface area contributed by atoms with Crippen molar-refractivity contribution in [2.45, 2.75) is 40.2 Å². The van der Waals surface area contributed by atoms with Crippen LogP contribution in [0.25, 0.3) is 0 Å². The van der Waals surface area contributed by atoms with Crippen LogP contribution in [0.15, 0.2) is 18.2 Å². The second kappa shape index (κ2) is 10.1. The van der Waals surface area contributed by atoms with Gasteiger partial charge in [0.2, 0.25) is 5.91 Å². The minimum absolute atomic E-state index is 0.0969. The molecular weight excluding hydrogens is 292 g/mol. The summed E-state index contributed by atoms with van der Waals surface area (Å²) in [6, 6.07) is 5.83. The van der Waals surface area contributed by atoms with Crippen LogP contribution in [0.2, 0.25) is 0 Å². The van der Waals surface area contributed by atoms with Crippen LogP contribution < -0.4 is 15.2 Å². The molecule has 5 nitrogen and oxygen atoms in total. The molecule has 0 spiro atoms. The summed E-state index contributed by atoms with van der Waals surface area (Å²) in [6.45, 7) is 8.30. The molecule has 0 aliphatic heterocycles. The van der Waals surface area contributed by atoms with Gasteiger partial charge in [-0.1, -0.05) is 26.8 Å². The molecule has 0 radical (unpaired) electrons. The summed E-state index contributed by atoms with van der Waals surface area (Å²) >= 11 is 0. The highest BCUT2D eigenvalue weighted by Gasteiger charge is 2.19. The van der Waals surface area contributed by atoms with Crippen LogP contribution in [0, 0.1) is 5.92 Å². The first-order chi connectivity index (χ1) is 11.1.